The van der Waals surface area contributed by atoms with Crippen molar-refractivity contribution < 1.29 is 4.84 Å². The summed E-state index contributed by atoms with van der Waals surface area (Å²) in [7, 11) is 0. The first-order chi connectivity index (χ1) is 9.83. The lowest BCUT2D eigenvalue weighted by Crippen LogP contribution is -1.99. The number of aromatic nitrogens is 1. The highest BCUT2D eigenvalue weighted by molar-refractivity contribution is 5.86. The van der Waals surface area contributed by atoms with E-state index in [0.29, 0.717) is 0 Å². The zero-order valence-corrected chi connectivity index (χ0v) is 11.9. The summed E-state index contributed by atoms with van der Waals surface area (Å²) in [4.78, 5) is 9.68. The molecule has 3 rings (SSSR count). The molecule has 0 aliphatic heterocycles. The van der Waals surface area contributed by atoms with E-state index in [2.05, 4.69) is 28.3 Å². The lowest BCUT2D eigenvalue weighted by Gasteiger charge is -2.06. The summed E-state index contributed by atoms with van der Waals surface area (Å²) in [6.45, 7) is 2.82. The van der Waals surface area contributed by atoms with E-state index >= 15 is 0 Å². The molecule has 0 unspecified atom stereocenters. The minimum Gasteiger partial charge on any atom is -0.396 e. The van der Waals surface area contributed by atoms with Gasteiger partial charge in [-0.05, 0) is 49.5 Å². The maximum atomic E-state index is 5.37. The van der Waals surface area contributed by atoms with Crippen molar-refractivity contribution in [2.45, 2.75) is 32.6 Å². The monoisotopic (exact) mass is 268 g/mol. The van der Waals surface area contributed by atoms with Crippen LogP contribution in [-0.4, -0.2) is 17.3 Å². The molecule has 0 amide bonds. The van der Waals surface area contributed by atoms with Gasteiger partial charge in [0, 0.05) is 17.8 Å². The maximum Gasteiger partial charge on any atom is 0.120 e. The Morgan fingerprint density at radius 2 is 2.15 bits per heavy atom. The highest BCUT2D eigenvalue weighted by Crippen LogP contribution is 2.28. The van der Waals surface area contributed by atoms with Gasteiger partial charge in [-0.15, -0.1) is 0 Å². The first kappa shape index (κ1) is 13.1. The van der Waals surface area contributed by atoms with Crippen LogP contribution in [-0.2, 0) is 11.3 Å². The second kappa shape index (κ2) is 6.04. The number of hydrogen-bond donors (Lipinski definition) is 0. The van der Waals surface area contributed by atoms with Crippen LogP contribution in [0.1, 0.15) is 31.7 Å². The molecule has 1 aromatic carbocycles. The zero-order valence-electron chi connectivity index (χ0n) is 11.9. The summed E-state index contributed by atoms with van der Waals surface area (Å²) < 4.78 is 0. The van der Waals surface area contributed by atoms with Gasteiger partial charge in [0.1, 0.15) is 6.61 Å². The van der Waals surface area contributed by atoms with Crippen molar-refractivity contribution in [3.05, 3.63) is 42.2 Å². The average Bonchev–Trinajstić information content (AvgIpc) is 3.29. The van der Waals surface area contributed by atoms with Crippen LogP contribution in [0.15, 0.2) is 41.8 Å². The van der Waals surface area contributed by atoms with Crippen LogP contribution >= 0.6 is 0 Å². The third-order valence-electron chi connectivity index (χ3n) is 3.73. The van der Waals surface area contributed by atoms with Gasteiger partial charge < -0.3 is 4.84 Å². The van der Waals surface area contributed by atoms with E-state index in [9.17, 15) is 0 Å². The Balaban J connectivity index is 1.61. The van der Waals surface area contributed by atoms with Gasteiger partial charge >= 0.3 is 0 Å². The molecule has 3 heteroatoms. The van der Waals surface area contributed by atoms with Gasteiger partial charge in [-0.3, -0.25) is 4.98 Å². The van der Waals surface area contributed by atoms with E-state index < -0.39 is 0 Å². The molecule has 1 fully saturated rings. The maximum absolute atomic E-state index is 5.37. The van der Waals surface area contributed by atoms with E-state index in [1.807, 2.05) is 25.4 Å². The number of oxime groups is 1. The predicted molar refractivity (Wildman–Crippen MR) is 81.8 cm³/mol. The van der Waals surface area contributed by atoms with Crippen molar-refractivity contribution in [1.82, 2.24) is 4.98 Å². The van der Waals surface area contributed by atoms with Crippen LogP contribution in [0.2, 0.25) is 0 Å². The Morgan fingerprint density at radius 1 is 1.30 bits per heavy atom. The second-order valence-corrected chi connectivity index (χ2v) is 5.59. The van der Waals surface area contributed by atoms with Crippen LogP contribution in [0.25, 0.3) is 10.8 Å². The number of pyridine rings is 1. The molecule has 1 aliphatic carbocycles. The highest BCUT2D eigenvalue weighted by atomic mass is 16.6. The predicted octanol–water partition coefficient (Wildman–Crippen LogP) is 3.97. The van der Waals surface area contributed by atoms with E-state index in [1.54, 1.807) is 0 Å². The molecule has 1 aliphatic rings. The van der Waals surface area contributed by atoms with Crippen LogP contribution in [0.5, 0.6) is 0 Å². The molecule has 0 saturated heterocycles. The van der Waals surface area contributed by atoms with Gasteiger partial charge in [0.2, 0.25) is 0 Å². The van der Waals surface area contributed by atoms with Gasteiger partial charge in [-0.25, -0.2) is 0 Å². The fourth-order valence-electron chi connectivity index (χ4n) is 2.28. The van der Waals surface area contributed by atoms with Gasteiger partial charge in [0.15, 0.2) is 0 Å². The van der Waals surface area contributed by atoms with E-state index in [-0.39, 0.29) is 0 Å². The van der Waals surface area contributed by atoms with Gasteiger partial charge in [0.25, 0.3) is 0 Å². The number of rotatable bonds is 6. The van der Waals surface area contributed by atoms with Crippen molar-refractivity contribution in [1.29, 1.82) is 0 Å². The van der Waals surface area contributed by atoms with Crippen LogP contribution in [0.4, 0.5) is 0 Å². The summed E-state index contributed by atoms with van der Waals surface area (Å²) in [5.74, 6) is 0.758. The average molecular weight is 268 g/mol. The molecule has 0 spiro atoms. The van der Waals surface area contributed by atoms with Crippen molar-refractivity contribution in [3.63, 3.8) is 0 Å². The largest absolute Gasteiger partial charge is 0.396 e. The molecule has 0 atom stereocenters. The van der Waals surface area contributed by atoms with Crippen molar-refractivity contribution in [2.75, 3.05) is 6.61 Å². The second-order valence-electron chi connectivity index (χ2n) is 5.59. The summed E-state index contributed by atoms with van der Waals surface area (Å²) >= 11 is 0. The van der Waals surface area contributed by atoms with E-state index in [4.69, 9.17) is 4.84 Å². The zero-order chi connectivity index (χ0) is 13.8. The van der Waals surface area contributed by atoms with Crippen molar-refractivity contribution in [2.24, 2.45) is 11.1 Å². The fraction of sp³-hybridized carbons (Fsp3) is 0.412. The molecule has 20 heavy (non-hydrogen) atoms. The third-order valence-corrected chi connectivity index (χ3v) is 3.73. The quantitative estimate of drug-likeness (QED) is 0.587. The smallest absolute Gasteiger partial charge is 0.120 e. The molecule has 1 heterocycles. The van der Waals surface area contributed by atoms with E-state index in [0.717, 1.165) is 31.1 Å². The Bertz CT molecular complexity index is 612. The molecule has 0 radical (unpaired) electrons. The van der Waals surface area contributed by atoms with Crippen molar-refractivity contribution in [3.8, 4) is 0 Å². The Labute approximate surface area is 119 Å². The van der Waals surface area contributed by atoms with Crippen molar-refractivity contribution >= 4 is 16.5 Å². The van der Waals surface area contributed by atoms with Crippen LogP contribution in [0.3, 0.4) is 0 Å². The number of fused-ring (bicyclic) bond motifs is 1. The van der Waals surface area contributed by atoms with Gasteiger partial charge in [-0.2, -0.15) is 0 Å². The normalized spacial score (nSPS) is 15.6. The van der Waals surface area contributed by atoms with E-state index in [1.165, 1.54) is 29.2 Å². The fourth-order valence-corrected chi connectivity index (χ4v) is 2.28. The van der Waals surface area contributed by atoms with Crippen LogP contribution in [0, 0.1) is 5.92 Å². The Hall–Kier alpha value is -1.90. The topological polar surface area (TPSA) is 34.5 Å². The lowest BCUT2D eigenvalue weighted by molar-refractivity contribution is 0.133. The van der Waals surface area contributed by atoms with Crippen LogP contribution < -0.4 is 0 Å². The molecule has 1 saturated carbocycles. The summed E-state index contributed by atoms with van der Waals surface area (Å²) in [5, 5.41) is 6.68. The first-order valence-corrected chi connectivity index (χ1v) is 7.30. The molecule has 0 bridgehead atoms. The lowest BCUT2D eigenvalue weighted by atomic mass is 10.0. The van der Waals surface area contributed by atoms with Gasteiger partial charge in [0.05, 0.1) is 5.71 Å². The Kier molecular flexibility index (Phi) is 3.95. The summed E-state index contributed by atoms with van der Waals surface area (Å²) in [6.07, 6.45) is 8.35. The molecule has 2 aromatic rings. The highest BCUT2D eigenvalue weighted by Gasteiger charge is 2.21. The SMILES string of the molecule is C/C(CCc1cncc2ccccc12)=N\OCC1CC1. The molecule has 3 nitrogen and oxygen atoms in total. The molecular weight excluding hydrogens is 248 g/mol. The Morgan fingerprint density at radius 3 is 3.00 bits per heavy atom. The van der Waals surface area contributed by atoms with Gasteiger partial charge in [-0.1, -0.05) is 29.4 Å². The molecule has 0 N–H and O–H groups in total. The number of hydrogen-bond acceptors (Lipinski definition) is 3. The third kappa shape index (κ3) is 3.35. The summed E-state index contributed by atoms with van der Waals surface area (Å²) in [5.41, 5.74) is 2.33. The molecule has 104 valence electrons. The number of aryl methyl sites for hydroxylation is 1. The summed E-state index contributed by atoms with van der Waals surface area (Å²) in [6, 6.07) is 8.38. The standard InChI is InChI=1S/C17H20N2O/c1-13(19-20-12-14-7-8-14)6-9-16-11-18-10-15-4-2-3-5-17(15)16/h2-5,10-11,14H,6-9,12H2,1H3/b19-13+. The molecular formula is C17H20N2O. The molecule has 1 aromatic heterocycles. The number of nitrogens with zero attached hydrogens (tertiary/aromatic N) is 2. The minimum atomic E-state index is 0.758. The first-order valence-electron chi connectivity index (χ1n) is 7.30. The minimum absolute atomic E-state index is 0.758. The number of benzene rings is 1.